The molecule has 136 valence electrons. The Labute approximate surface area is 146 Å². The van der Waals surface area contributed by atoms with E-state index in [0.29, 0.717) is 12.4 Å². The lowest BCUT2D eigenvalue weighted by molar-refractivity contribution is 0.0401. The van der Waals surface area contributed by atoms with E-state index in [0.717, 1.165) is 32.1 Å². The van der Waals surface area contributed by atoms with Crippen LogP contribution in [0.15, 0.2) is 10.9 Å². The van der Waals surface area contributed by atoms with Gasteiger partial charge >= 0.3 is 6.09 Å². The average Bonchev–Trinajstić information content (AvgIpc) is 3.43. The predicted molar refractivity (Wildman–Crippen MR) is 90.5 cm³/mol. The van der Waals surface area contributed by atoms with Gasteiger partial charge in [-0.1, -0.05) is 0 Å². The molecule has 0 spiro atoms. The first-order chi connectivity index (χ1) is 12.0. The summed E-state index contributed by atoms with van der Waals surface area (Å²) in [5, 5.41) is 0. The molecule has 0 bridgehead atoms. The third-order valence-corrected chi connectivity index (χ3v) is 4.60. The number of H-pyrrole nitrogens is 1. The fraction of sp³-hybridized carbons (Fsp3) is 0.647. The second-order valence-electron chi connectivity index (χ2n) is 6.91. The standard InChI is InChI=1S/C17H24N4O4/c1-20(2)17(24)25-10-12-5-3-4-8-21(12)16(23)13-9-14(22)19-15(18-13)11-6-7-11/h9,11-12H,3-8,10H2,1-2H3,(H,18,19,22). The lowest BCUT2D eigenvalue weighted by atomic mass is 10.0. The summed E-state index contributed by atoms with van der Waals surface area (Å²) in [7, 11) is 3.23. The smallest absolute Gasteiger partial charge is 0.409 e. The lowest BCUT2D eigenvalue weighted by Crippen LogP contribution is -2.47. The minimum Gasteiger partial charge on any atom is -0.447 e. The highest BCUT2D eigenvalue weighted by Crippen LogP contribution is 2.37. The number of nitrogens with one attached hydrogen (secondary N) is 1. The van der Waals surface area contributed by atoms with Crippen LogP contribution in [0.5, 0.6) is 0 Å². The summed E-state index contributed by atoms with van der Waals surface area (Å²) in [4.78, 5) is 46.5. The Kier molecular flexibility index (Phi) is 5.06. The number of carbonyl (C=O) groups is 2. The van der Waals surface area contributed by atoms with Gasteiger partial charge < -0.3 is 19.5 Å². The quantitative estimate of drug-likeness (QED) is 0.886. The zero-order valence-corrected chi connectivity index (χ0v) is 14.7. The van der Waals surface area contributed by atoms with Crippen molar-refractivity contribution in [1.82, 2.24) is 19.8 Å². The van der Waals surface area contributed by atoms with Gasteiger partial charge in [0.05, 0.1) is 6.04 Å². The summed E-state index contributed by atoms with van der Waals surface area (Å²) in [6.07, 6.45) is 4.20. The molecule has 1 N–H and O–H groups in total. The van der Waals surface area contributed by atoms with E-state index in [4.69, 9.17) is 4.74 Å². The highest BCUT2D eigenvalue weighted by Gasteiger charge is 2.31. The SMILES string of the molecule is CN(C)C(=O)OCC1CCCCN1C(=O)c1cc(=O)[nH]c(C2CC2)n1. The number of hydrogen-bond acceptors (Lipinski definition) is 5. The van der Waals surface area contributed by atoms with Crippen LogP contribution in [0.2, 0.25) is 0 Å². The Morgan fingerprint density at radius 3 is 2.76 bits per heavy atom. The van der Waals surface area contributed by atoms with Crippen LogP contribution >= 0.6 is 0 Å². The molecule has 1 aromatic rings. The molecule has 8 heteroatoms. The molecule has 1 atom stereocenters. The molecule has 1 saturated heterocycles. The van der Waals surface area contributed by atoms with Crippen LogP contribution in [-0.2, 0) is 4.74 Å². The molecule has 2 heterocycles. The molecule has 0 radical (unpaired) electrons. The van der Waals surface area contributed by atoms with Crippen molar-refractivity contribution in [3.8, 4) is 0 Å². The minimum atomic E-state index is -0.428. The number of nitrogens with zero attached hydrogens (tertiary/aromatic N) is 3. The topological polar surface area (TPSA) is 95.6 Å². The zero-order valence-electron chi connectivity index (χ0n) is 14.7. The summed E-state index contributed by atoms with van der Waals surface area (Å²) in [5.41, 5.74) is -0.121. The molecule has 1 aliphatic carbocycles. The van der Waals surface area contributed by atoms with E-state index in [1.165, 1.54) is 11.0 Å². The van der Waals surface area contributed by atoms with E-state index in [1.807, 2.05) is 0 Å². The van der Waals surface area contributed by atoms with Gasteiger partial charge in [-0.05, 0) is 32.1 Å². The Bertz CT molecular complexity index is 711. The molecule has 1 unspecified atom stereocenters. The molecule has 1 aromatic heterocycles. The van der Waals surface area contributed by atoms with Crippen LogP contribution in [0, 0.1) is 0 Å². The number of aromatic nitrogens is 2. The Morgan fingerprint density at radius 2 is 2.08 bits per heavy atom. The van der Waals surface area contributed by atoms with Crippen molar-refractivity contribution in [1.29, 1.82) is 0 Å². The number of hydrogen-bond donors (Lipinski definition) is 1. The molecule has 1 aliphatic heterocycles. The summed E-state index contributed by atoms with van der Waals surface area (Å²) in [6.45, 7) is 0.734. The Morgan fingerprint density at radius 1 is 1.32 bits per heavy atom. The molecular weight excluding hydrogens is 324 g/mol. The van der Waals surface area contributed by atoms with Crippen LogP contribution in [0.1, 0.15) is 54.3 Å². The molecule has 25 heavy (non-hydrogen) atoms. The Balaban J connectivity index is 1.74. The van der Waals surface area contributed by atoms with Crippen molar-refractivity contribution >= 4 is 12.0 Å². The van der Waals surface area contributed by atoms with Crippen LogP contribution in [0.25, 0.3) is 0 Å². The number of ether oxygens (including phenoxy) is 1. The van der Waals surface area contributed by atoms with Crippen molar-refractivity contribution in [2.75, 3.05) is 27.2 Å². The maximum atomic E-state index is 12.9. The van der Waals surface area contributed by atoms with Gasteiger partial charge in [-0.3, -0.25) is 9.59 Å². The normalized spacial score (nSPS) is 20.2. The van der Waals surface area contributed by atoms with Crippen molar-refractivity contribution in [2.45, 2.75) is 44.1 Å². The number of aromatic amines is 1. The van der Waals surface area contributed by atoms with E-state index >= 15 is 0 Å². The summed E-state index contributed by atoms with van der Waals surface area (Å²) in [6, 6.07) is 1.07. The number of piperidine rings is 1. The fourth-order valence-electron chi connectivity index (χ4n) is 3.02. The Hall–Kier alpha value is -2.38. The number of likely N-dealkylation sites (tertiary alicyclic amines) is 1. The van der Waals surface area contributed by atoms with Crippen molar-refractivity contribution < 1.29 is 14.3 Å². The van der Waals surface area contributed by atoms with Gasteiger partial charge in [0.2, 0.25) is 0 Å². The lowest BCUT2D eigenvalue weighted by Gasteiger charge is -2.35. The second kappa shape index (κ2) is 7.25. The van der Waals surface area contributed by atoms with E-state index in [1.54, 1.807) is 19.0 Å². The molecule has 8 nitrogen and oxygen atoms in total. The highest BCUT2D eigenvalue weighted by atomic mass is 16.6. The molecule has 2 aliphatic rings. The van der Waals surface area contributed by atoms with Gasteiger partial charge in [0, 0.05) is 32.6 Å². The fourth-order valence-corrected chi connectivity index (χ4v) is 3.02. The molecule has 0 aromatic carbocycles. The maximum Gasteiger partial charge on any atom is 0.409 e. The van der Waals surface area contributed by atoms with E-state index in [-0.39, 0.29) is 35.7 Å². The van der Waals surface area contributed by atoms with Crippen LogP contribution in [0.4, 0.5) is 4.79 Å². The van der Waals surface area contributed by atoms with Gasteiger partial charge in [-0.15, -0.1) is 0 Å². The summed E-state index contributed by atoms with van der Waals surface area (Å²) >= 11 is 0. The molecular formula is C17H24N4O4. The molecule has 2 amide bonds. The van der Waals surface area contributed by atoms with Gasteiger partial charge in [0.25, 0.3) is 11.5 Å². The zero-order chi connectivity index (χ0) is 18.0. The van der Waals surface area contributed by atoms with E-state index in [2.05, 4.69) is 9.97 Å². The highest BCUT2D eigenvalue weighted by molar-refractivity contribution is 5.92. The van der Waals surface area contributed by atoms with Crippen molar-refractivity contribution in [3.63, 3.8) is 0 Å². The van der Waals surface area contributed by atoms with Crippen LogP contribution in [0.3, 0.4) is 0 Å². The largest absolute Gasteiger partial charge is 0.447 e. The molecule has 2 fully saturated rings. The second-order valence-corrected chi connectivity index (χ2v) is 6.91. The van der Waals surface area contributed by atoms with Crippen molar-refractivity contribution in [3.05, 3.63) is 27.9 Å². The third-order valence-electron chi connectivity index (χ3n) is 4.60. The number of amides is 2. The molecule has 3 rings (SSSR count). The van der Waals surface area contributed by atoms with Gasteiger partial charge in [0.1, 0.15) is 18.1 Å². The van der Waals surface area contributed by atoms with Crippen molar-refractivity contribution in [2.24, 2.45) is 0 Å². The third kappa shape index (κ3) is 4.18. The maximum absolute atomic E-state index is 12.9. The molecule has 1 saturated carbocycles. The van der Waals surface area contributed by atoms with Crippen LogP contribution in [-0.4, -0.2) is 65.1 Å². The first-order valence-electron chi connectivity index (χ1n) is 8.72. The summed E-state index contributed by atoms with van der Waals surface area (Å²) < 4.78 is 5.26. The minimum absolute atomic E-state index is 0.154. The van der Waals surface area contributed by atoms with Gasteiger partial charge in [-0.25, -0.2) is 9.78 Å². The first-order valence-corrected chi connectivity index (χ1v) is 8.72. The van der Waals surface area contributed by atoms with Crippen LogP contribution < -0.4 is 5.56 Å². The predicted octanol–water partition coefficient (Wildman–Crippen LogP) is 1.34. The summed E-state index contributed by atoms with van der Waals surface area (Å²) in [5.74, 6) is 0.598. The number of carbonyl (C=O) groups excluding carboxylic acids is 2. The van der Waals surface area contributed by atoms with Gasteiger partial charge in [-0.2, -0.15) is 0 Å². The average molecular weight is 348 g/mol. The number of rotatable bonds is 4. The van der Waals surface area contributed by atoms with Gasteiger partial charge in [0.15, 0.2) is 0 Å². The monoisotopic (exact) mass is 348 g/mol. The van der Waals surface area contributed by atoms with E-state index in [9.17, 15) is 14.4 Å². The first kappa shape index (κ1) is 17.4. The van der Waals surface area contributed by atoms with E-state index < -0.39 is 6.09 Å².